The number of benzene rings is 2. The van der Waals surface area contributed by atoms with Gasteiger partial charge < -0.3 is 4.42 Å². The van der Waals surface area contributed by atoms with Gasteiger partial charge in [0.15, 0.2) is 5.43 Å². The molecule has 4 radical (unpaired) electrons. The standard InChI is InChI=1S/C13H6B2O2/c14-7-4-5-8-11(6-7)17-10-3-1-2-9(15)12(10)13(8)16/h1-6H. The van der Waals surface area contributed by atoms with Crippen molar-refractivity contribution in [1.29, 1.82) is 0 Å². The van der Waals surface area contributed by atoms with E-state index < -0.39 is 0 Å². The highest BCUT2D eigenvalue weighted by Gasteiger charge is 2.08. The third-order valence-electron chi connectivity index (χ3n) is 2.76. The summed E-state index contributed by atoms with van der Waals surface area (Å²) < 4.78 is 5.63. The van der Waals surface area contributed by atoms with Gasteiger partial charge in [-0.05, 0) is 18.2 Å². The summed E-state index contributed by atoms with van der Waals surface area (Å²) in [5.74, 6) is 0. The molecule has 0 aliphatic carbocycles. The van der Waals surface area contributed by atoms with Crippen molar-refractivity contribution in [3.63, 3.8) is 0 Å². The number of rotatable bonds is 0. The smallest absolute Gasteiger partial charge is 0.199 e. The highest BCUT2D eigenvalue weighted by Crippen LogP contribution is 2.15. The van der Waals surface area contributed by atoms with Crippen molar-refractivity contribution in [2.75, 3.05) is 0 Å². The second kappa shape index (κ2) is 3.52. The molecule has 3 aromatic rings. The summed E-state index contributed by atoms with van der Waals surface area (Å²) in [5, 5.41) is 0.911. The van der Waals surface area contributed by atoms with Crippen LogP contribution in [0.5, 0.6) is 0 Å². The predicted octanol–water partition coefficient (Wildman–Crippen LogP) is 0.534. The molecule has 0 N–H and O–H groups in total. The number of hydrogen-bond acceptors (Lipinski definition) is 2. The van der Waals surface area contributed by atoms with E-state index in [2.05, 4.69) is 0 Å². The maximum atomic E-state index is 12.2. The van der Waals surface area contributed by atoms with Crippen molar-refractivity contribution in [2.24, 2.45) is 0 Å². The van der Waals surface area contributed by atoms with Crippen LogP contribution in [0.4, 0.5) is 0 Å². The first kappa shape index (κ1) is 10.2. The molecule has 0 saturated heterocycles. The monoisotopic (exact) mass is 216 g/mol. The summed E-state index contributed by atoms with van der Waals surface area (Å²) in [6.45, 7) is 0. The zero-order valence-electron chi connectivity index (χ0n) is 8.94. The van der Waals surface area contributed by atoms with Crippen molar-refractivity contribution < 1.29 is 4.42 Å². The zero-order chi connectivity index (χ0) is 12.0. The van der Waals surface area contributed by atoms with Crippen molar-refractivity contribution in [2.45, 2.75) is 0 Å². The molecule has 76 valence electrons. The SMILES string of the molecule is [B]c1ccc2c(=O)c3c([B])cccc3oc2c1. The Bertz CT molecular complexity index is 790. The fourth-order valence-electron chi connectivity index (χ4n) is 1.94. The van der Waals surface area contributed by atoms with E-state index in [1.807, 2.05) is 0 Å². The Kier molecular flexibility index (Phi) is 2.11. The molecule has 17 heavy (non-hydrogen) atoms. The van der Waals surface area contributed by atoms with E-state index in [1.54, 1.807) is 36.4 Å². The second-order valence-corrected chi connectivity index (χ2v) is 3.91. The van der Waals surface area contributed by atoms with Crippen LogP contribution < -0.4 is 16.4 Å². The molecule has 0 bridgehead atoms. The van der Waals surface area contributed by atoms with Crippen LogP contribution in [0, 0.1) is 0 Å². The van der Waals surface area contributed by atoms with Crippen LogP contribution in [-0.2, 0) is 0 Å². The zero-order valence-corrected chi connectivity index (χ0v) is 8.94. The van der Waals surface area contributed by atoms with Crippen LogP contribution in [-0.4, -0.2) is 15.7 Å². The molecule has 0 atom stereocenters. The Morgan fingerprint density at radius 2 is 1.82 bits per heavy atom. The van der Waals surface area contributed by atoms with Gasteiger partial charge in [-0.3, -0.25) is 4.79 Å². The molecule has 0 unspecified atom stereocenters. The quantitative estimate of drug-likeness (QED) is 0.405. The molecule has 4 heteroatoms. The molecule has 0 saturated carbocycles. The molecule has 2 aromatic carbocycles. The molecule has 3 rings (SSSR count). The first-order chi connectivity index (χ1) is 8.16. The lowest BCUT2D eigenvalue weighted by Crippen LogP contribution is -2.15. The number of hydrogen-bond donors (Lipinski definition) is 0. The van der Waals surface area contributed by atoms with Gasteiger partial charge in [0.05, 0.1) is 10.8 Å². The van der Waals surface area contributed by atoms with Crippen LogP contribution in [0.1, 0.15) is 0 Å². The van der Waals surface area contributed by atoms with Gasteiger partial charge in [-0.25, -0.2) is 0 Å². The van der Waals surface area contributed by atoms with E-state index in [0.717, 1.165) is 0 Å². The van der Waals surface area contributed by atoms with Crippen LogP contribution in [0.15, 0.2) is 45.6 Å². The van der Waals surface area contributed by atoms with E-state index in [4.69, 9.17) is 20.1 Å². The Balaban J connectivity index is 2.62. The van der Waals surface area contributed by atoms with Gasteiger partial charge in [-0.1, -0.05) is 29.1 Å². The minimum absolute atomic E-state index is 0.126. The van der Waals surface area contributed by atoms with Crippen LogP contribution >= 0.6 is 0 Å². The Morgan fingerprint density at radius 1 is 1.00 bits per heavy atom. The highest BCUT2D eigenvalue weighted by atomic mass is 16.3. The summed E-state index contributed by atoms with van der Waals surface area (Å²) in [6.07, 6.45) is 0. The van der Waals surface area contributed by atoms with Gasteiger partial charge in [0.2, 0.25) is 0 Å². The summed E-state index contributed by atoms with van der Waals surface area (Å²) in [4.78, 5) is 12.2. The molecule has 1 aromatic heterocycles. The van der Waals surface area contributed by atoms with E-state index in [0.29, 0.717) is 32.9 Å². The lowest BCUT2D eigenvalue weighted by molar-refractivity contribution is 0.660. The minimum atomic E-state index is -0.126. The van der Waals surface area contributed by atoms with Crippen LogP contribution in [0.3, 0.4) is 0 Å². The van der Waals surface area contributed by atoms with Gasteiger partial charge in [-0.2, -0.15) is 0 Å². The largest absolute Gasteiger partial charge is 0.456 e. The molecule has 0 amide bonds. The lowest BCUT2D eigenvalue weighted by atomic mass is 9.90. The van der Waals surface area contributed by atoms with E-state index in [9.17, 15) is 4.79 Å². The van der Waals surface area contributed by atoms with Gasteiger partial charge >= 0.3 is 0 Å². The Morgan fingerprint density at radius 3 is 2.65 bits per heavy atom. The molecule has 0 fully saturated rings. The third kappa shape index (κ3) is 1.48. The summed E-state index contributed by atoms with van der Waals surface area (Å²) in [5.41, 5.74) is 1.82. The molecular weight excluding hydrogens is 210 g/mol. The fourth-order valence-corrected chi connectivity index (χ4v) is 1.94. The summed E-state index contributed by atoms with van der Waals surface area (Å²) in [7, 11) is 11.5. The van der Waals surface area contributed by atoms with Gasteiger partial charge in [-0.15, -0.1) is 0 Å². The Labute approximate surface area is 100 Å². The topological polar surface area (TPSA) is 30.2 Å². The van der Waals surface area contributed by atoms with Gasteiger partial charge in [0, 0.05) is 0 Å². The minimum Gasteiger partial charge on any atom is -0.456 e. The molecule has 1 heterocycles. The molecule has 0 spiro atoms. The van der Waals surface area contributed by atoms with Crippen molar-refractivity contribution in [3.8, 4) is 0 Å². The average molecular weight is 216 g/mol. The van der Waals surface area contributed by atoms with Crippen LogP contribution in [0.2, 0.25) is 0 Å². The van der Waals surface area contributed by atoms with Crippen LogP contribution in [0.25, 0.3) is 21.9 Å². The maximum absolute atomic E-state index is 12.2. The van der Waals surface area contributed by atoms with Crippen molar-refractivity contribution in [1.82, 2.24) is 0 Å². The summed E-state index contributed by atoms with van der Waals surface area (Å²) >= 11 is 0. The molecule has 2 nitrogen and oxygen atoms in total. The average Bonchev–Trinajstić information content (AvgIpc) is 2.28. The van der Waals surface area contributed by atoms with E-state index in [1.165, 1.54) is 0 Å². The first-order valence-electron chi connectivity index (χ1n) is 5.17. The lowest BCUT2D eigenvalue weighted by Gasteiger charge is -2.04. The van der Waals surface area contributed by atoms with Crippen molar-refractivity contribution >= 4 is 48.6 Å². The number of fused-ring (bicyclic) bond motifs is 2. The van der Waals surface area contributed by atoms with E-state index >= 15 is 0 Å². The van der Waals surface area contributed by atoms with Crippen molar-refractivity contribution in [3.05, 3.63) is 46.6 Å². The highest BCUT2D eigenvalue weighted by molar-refractivity contribution is 6.38. The summed E-state index contributed by atoms with van der Waals surface area (Å²) in [6, 6.07) is 10.1. The molecular formula is C13H6B2O2. The fraction of sp³-hybridized carbons (Fsp3) is 0. The van der Waals surface area contributed by atoms with E-state index in [-0.39, 0.29) is 5.43 Å². The molecule has 0 aliphatic rings. The Hall–Kier alpha value is -1.96. The first-order valence-corrected chi connectivity index (χ1v) is 5.17. The normalized spacial score (nSPS) is 11.1. The third-order valence-corrected chi connectivity index (χ3v) is 2.76. The predicted molar refractivity (Wildman–Crippen MR) is 70.8 cm³/mol. The second-order valence-electron chi connectivity index (χ2n) is 3.91. The molecule has 0 aliphatic heterocycles. The van der Waals surface area contributed by atoms with Gasteiger partial charge in [0.25, 0.3) is 0 Å². The maximum Gasteiger partial charge on any atom is 0.199 e. The van der Waals surface area contributed by atoms with Gasteiger partial charge in [0.1, 0.15) is 26.9 Å².